The zero-order valence-electron chi connectivity index (χ0n) is 15.1. The molecule has 0 amide bonds. The van der Waals surface area contributed by atoms with Crippen LogP contribution >= 0.6 is 7.82 Å². The normalized spacial score (nSPS) is 19.8. The monoisotopic (exact) mass is 370 g/mol. The quantitative estimate of drug-likeness (QED) is 0.664. The summed E-state index contributed by atoms with van der Waals surface area (Å²) in [5.74, 6) is 1.93. The molecule has 25 heavy (non-hydrogen) atoms. The Labute approximate surface area is 150 Å². The lowest BCUT2D eigenvalue weighted by Crippen LogP contribution is -2.21. The summed E-state index contributed by atoms with van der Waals surface area (Å²) >= 11 is 0. The van der Waals surface area contributed by atoms with Crippen molar-refractivity contribution in [2.75, 3.05) is 0 Å². The Morgan fingerprint density at radius 3 is 2.00 bits per heavy atom. The van der Waals surface area contributed by atoms with Crippen molar-refractivity contribution in [1.82, 2.24) is 0 Å². The van der Waals surface area contributed by atoms with Crippen LogP contribution in [0.2, 0.25) is 0 Å². The van der Waals surface area contributed by atoms with Gasteiger partial charge < -0.3 is 19.4 Å². The maximum Gasteiger partial charge on any atom is 0.466 e. The van der Waals surface area contributed by atoms with Gasteiger partial charge >= 0.3 is 7.82 Å². The van der Waals surface area contributed by atoms with Crippen molar-refractivity contribution in [3.05, 3.63) is 29.3 Å². The third-order valence-electron chi connectivity index (χ3n) is 5.06. The van der Waals surface area contributed by atoms with Crippen molar-refractivity contribution in [2.45, 2.75) is 83.2 Å². The zero-order chi connectivity index (χ0) is 18.3. The van der Waals surface area contributed by atoms with Crippen LogP contribution in [0, 0.1) is 6.92 Å². The topological polar surface area (TPSA) is 87.0 Å². The van der Waals surface area contributed by atoms with Crippen LogP contribution in [0.15, 0.2) is 18.2 Å². The van der Waals surface area contributed by atoms with Gasteiger partial charge in [-0.3, -0.25) is 0 Å². The average Bonchev–Trinajstić information content (AvgIpc) is 2.57. The minimum Gasteiger partial charge on any atom is -0.490 e. The molecule has 3 N–H and O–H groups in total. The second-order valence-corrected chi connectivity index (χ2v) is 8.29. The highest BCUT2D eigenvalue weighted by Gasteiger charge is 2.22. The van der Waals surface area contributed by atoms with Crippen molar-refractivity contribution < 1.29 is 24.0 Å². The van der Waals surface area contributed by atoms with Crippen LogP contribution in [-0.4, -0.2) is 20.8 Å². The summed E-state index contributed by atoms with van der Waals surface area (Å²) in [5, 5.41) is 0. The molecule has 1 aromatic rings. The Hall–Kier alpha value is -0.870. The fourth-order valence-corrected chi connectivity index (χ4v) is 3.87. The molecule has 5 nitrogen and oxygen atoms in total. The van der Waals surface area contributed by atoms with E-state index in [4.69, 9.17) is 24.0 Å². The molecule has 142 valence electrons. The first kappa shape index (κ1) is 20.4. The SMILES string of the molecule is Cc1ccc(OC2CCCCC2)c(C2CCCCC2)c1.O=P(O)(O)O. The largest absolute Gasteiger partial charge is 0.490 e. The Kier molecular flexibility index (Phi) is 7.95. The molecule has 0 spiro atoms. The van der Waals surface area contributed by atoms with E-state index in [9.17, 15) is 0 Å². The number of aryl methyl sites for hydroxylation is 1. The van der Waals surface area contributed by atoms with Gasteiger partial charge in [0, 0.05) is 0 Å². The fraction of sp³-hybridized carbons (Fsp3) is 0.684. The summed E-state index contributed by atoms with van der Waals surface area (Å²) in [6, 6.07) is 6.83. The third-order valence-corrected chi connectivity index (χ3v) is 5.06. The number of ether oxygens (including phenoxy) is 1. The summed E-state index contributed by atoms with van der Waals surface area (Å²) < 4.78 is 15.3. The Morgan fingerprint density at radius 2 is 1.44 bits per heavy atom. The van der Waals surface area contributed by atoms with Crippen molar-refractivity contribution in [3.63, 3.8) is 0 Å². The summed E-state index contributed by atoms with van der Waals surface area (Å²) in [6.45, 7) is 2.21. The van der Waals surface area contributed by atoms with E-state index >= 15 is 0 Å². The molecule has 0 aliphatic heterocycles. The summed E-state index contributed by atoms with van der Waals surface area (Å²) in [5.41, 5.74) is 2.87. The third kappa shape index (κ3) is 7.91. The fourth-order valence-electron chi connectivity index (χ4n) is 3.87. The van der Waals surface area contributed by atoms with Gasteiger partial charge in [-0.15, -0.1) is 0 Å². The molecule has 0 heterocycles. The van der Waals surface area contributed by atoms with Gasteiger partial charge in [-0.05, 0) is 63.0 Å². The summed E-state index contributed by atoms with van der Waals surface area (Å²) in [6.07, 6.45) is 13.9. The molecular weight excluding hydrogens is 339 g/mol. The van der Waals surface area contributed by atoms with Crippen LogP contribution < -0.4 is 4.74 Å². The molecule has 0 atom stereocenters. The van der Waals surface area contributed by atoms with Crippen molar-refractivity contribution in [1.29, 1.82) is 0 Å². The van der Waals surface area contributed by atoms with E-state index in [1.54, 1.807) is 0 Å². The average molecular weight is 370 g/mol. The van der Waals surface area contributed by atoms with Crippen LogP contribution in [0.4, 0.5) is 0 Å². The standard InChI is InChI=1S/C19H28O.H3O4P/c1-15-12-13-19(20-17-10-6-3-7-11-17)18(14-15)16-8-4-2-5-9-16;1-5(2,3)4/h12-14,16-17H,2-11H2,1H3;(H3,1,2,3,4). The van der Waals surface area contributed by atoms with Gasteiger partial charge in [0.2, 0.25) is 0 Å². The van der Waals surface area contributed by atoms with Gasteiger partial charge in [0.1, 0.15) is 5.75 Å². The predicted octanol–water partition coefficient (Wildman–Crippen LogP) is 4.83. The highest BCUT2D eigenvalue weighted by Crippen LogP contribution is 2.39. The van der Waals surface area contributed by atoms with E-state index in [2.05, 4.69) is 25.1 Å². The molecule has 0 radical (unpaired) electrons. The number of hydrogen-bond acceptors (Lipinski definition) is 2. The van der Waals surface area contributed by atoms with Gasteiger partial charge in [-0.1, -0.05) is 43.4 Å². The summed E-state index contributed by atoms with van der Waals surface area (Å²) in [7, 11) is -4.64. The number of hydrogen-bond donors (Lipinski definition) is 3. The molecule has 0 unspecified atom stereocenters. The van der Waals surface area contributed by atoms with Crippen LogP contribution in [0.5, 0.6) is 5.75 Å². The van der Waals surface area contributed by atoms with E-state index in [0.29, 0.717) is 6.10 Å². The van der Waals surface area contributed by atoms with E-state index < -0.39 is 7.82 Å². The molecule has 2 aliphatic rings. The maximum atomic E-state index is 8.88. The van der Waals surface area contributed by atoms with E-state index in [0.717, 1.165) is 5.92 Å². The molecule has 2 saturated carbocycles. The first-order valence-electron chi connectivity index (χ1n) is 9.38. The molecule has 0 aromatic heterocycles. The van der Waals surface area contributed by atoms with Crippen molar-refractivity contribution in [2.24, 2.45) is 0 Å². The molecule has 0 bridgehead atoms. The van der Waals surface area contributed by atoms with Crippen LogP contribution in [0.25, 0.3) is 0 Å². The van der Waals surface area contributed by atoms with Crippen molar-refractivity contribution in [3.8, 4) is 5.75 Å². The molecule has 1 aromatic carbocycles. The summed E-state index contributed by atoms with van der Waals surface area (Å²) in [4.78, 5) is 21.6. The first-order valence-corrected chi connectivity index (χ1v) is 10.9. The highest BCUT2D eigenvalue weighted by molar-refractivity contribution is 7.45. The lowest BCUT2D eigenvalue weighted by atomic mass is 9.83. The van der Waals surface area contributed by atoms with E-state index in [-0.39, 0.29) is 0 Å². The molecule has 2 fully saturated rings. The lowest BCUT2D eigenvalue weighted by molar-refractivity contribution is 0.152. The molecule has 0 saturated heterocycles. The van der Waals surface area contributed by atoms with Crippen molar-refractivity contribution >= 4 is 7.82 Å². The van der Waals surface area contributed by atoms with Crippen LogP contribution in [-0.2, 0) is 4.57 Å². The van der Waals surface area contributed by atoms with Gasteiger partial charge in [0.05, 0.1) is 6.10 Å². The minimum atomic E-state index is -4.64. The first-order chi connectivity index (χ1) is 11.8. The van der Waals surface area contributed by atoms with Gasteiger partial charge in [0.15, 0.2) is 0 Å². The lowest BCUT2D eigenvalue weighted by Gasteiger charge is -2.28. The van der Waals surface area contributed by atoms with E-state index in [1.807, 2.05) is 0 Å². The smallest absolute Gasteiger partial charge is 0.466 e. The number of rotatable bonds is 3. The molecule has 2 aliphatic carbocycles. The van der Waals surface area contributed by atoms with Crippen LogP contribution in [0.1, 0.15) is 81.3 Å². The molecule has 3 rings (SSSR count). The zero-order valence-corrected chi connectivity index (χ0v) is 16.0. The van der Waals surface area contributed by atoms with E-state index in [1.165, 1.54) is 81.1 Å². The second kappa shape index (κ2) is 9.72. The second-order valence-electron chi connectivity index (χ2n) is 7.27. The number of benzene rings is 1. The number of phosphoric acid groups is 1. The Morgan fingerprint density at radius 1 is 0.920 bits per heavy atom. The van der Waals surface area contributed by atoms with Gasteiger partial charge in [0.25, 0.3) is 0 Å². The predicted molar refractivity (Wildman–Crippen MR) is 98.8 cm³/mol. The Bertz CT molecular complexity index is 563. The highest BCUT2D eigenvalue weighted by atomic mass is 31.2. The molecule has 6 heteroatoms. The van der Waals surface area contributed by atoms with Gasteiger partial charge in [-0.2, -0.15) is 0 Å². The molecular formula is C19H31O5P. The van der Waals surface area contributed by atoms with Gasteiger partial charge in [-0.25, -0.2) is 4.57 Å². The Balaban J connectivity index is 0.000000399. The minimum absolute atomic E-state index is 0.466. The van der Waals surface area contributed by atoms with Crippen LogP contribution in [0.3, 0.4) is 0 Å². The maximum absolute atomic E-state index is 8.88.